The van der Waals surface area contributed by atoms with Crippen LogP contribution in [-0.4, -0.2) is 22.8 Å². The second-order valence-corrected chi connectivity index (χ2v) is 5.95. The zero-order valence-corrected chi connectivity index (χ0v) is 14.2. The molecule has 2 aromatic heterocycles. The Balaban J connectivity index is 2.04. The fraction of sp³-hybridized carbons (Fsp3) is 0.105. The fourth-order valence-corrected chi connectivity index (χ4v) is 3.00. The van der Waals surface area contributed by atoms with Gasteiger partial charge in [-0.3, -0.25) is 4.79 Å². The molecule has 2 aromatic carbocycles. The van der Waals surface area contributed by atoms with Crippen LogP contribution in [0.25, 0.3) is 33.5 Å². The predicted octanol–water partition coefficient (Wildman–Crippen LogP) is 3.31. The van der Waals surface area contributed by atoms with Crippen molar-refractivity contribution in [2.45, 2.75) is 6.92 Å². The molecule has 0 bridgehead atoms. The number of fused-ring (bicyclic) bond motifs is 3. The maximum absolute atomic E-state index is 12.5. The minimum absolute atomic E-state index is 0.146. The predicted molar refractivity (Wildman–Crippen MR) is 101 cm³/mol. The standard InChI is InChI=1S/C19H16N4O3/c1-9(20)11-8-10(6-7-12(11)21)18-22-16-15-13(25-2)4-3-5-14(15)26-17(16)19(24)23-18/h3-8,20H,21H2,1-2H3,(H,22,23,24). The summed E-state index contributed by atoms with van der Waals surface area (Å²) in [6.07, 6.45) is 0. The van der Waals surface area contributed by atoms with Crippen LogP contribution in [0.3, 0.4) is 0 Å². The van der Waals surface area contributed by atoms with Crippen molar-refractivity contribution in [2.24, 2.45) is 0 Å². The summed E-state index contributed by atoms with van der Waals surface area (Å²) in [4.78, 5) is 19.9. The Morgan fingerprint density at radius 3 is 2.85 bits per heavy atom. The van der Waals surface area contributed by atoms with Gasteiger partial charge in [-0.25, -0.2) is 4.98 Å². The molecule has 0 aliphatic rings. The number of nitrogens with one attached hydrogen (secondary N) is 2. The lowest BCUT2D eigenvalue weighted by atomic mass is 10.0. The van der Waals surface area contributed by atoms with Crippen molar-refractivity contribution in [3.63, 3.8) is 0 Å². The van der Waals surface area contributed by atoms with Gasteiger partial charge in [-0.15, -0.1) is 0 Å². The third kappa shape index (κ3) is 2.33. The van der Waals surface area contributed by atoms with Gasteiger partial charge in [-0.2, -0.15) is 0 Å². The van der Waals surface area contributed by atoms with Gasteiger partial charge in [-0.05, 0) is 37.3 Å². The fourth-order valence-electron chi connectivity index (χ4n) is 3.00. The van der Waals surface area contributed by atoms with Crippen molar-refractivity contribution in [2.75, 3.05) is 12.8 Å². The van der Waals surface area contributed by atoms with Gasteiger partial charge in [0.15, 0.2) is 0 Å². The van der Waals surface area contributed by atoms with Gasteiger partial charge in [-0.1, -0.05) is 6.07 Å². The van der Waals surface area contributed by atoms with Crippen molar-refractivity contribution in [3.05, 3.63) is 52.3 Å². The van der Waals surface area contributed by atoms with Crippen molar-refractivity contribution in [3.8, 4) is 17.1 Å². The quantitative estimate of drug-likeness (QED) is 0.388. The second-order valence-electron chi connectivity index (χ2n) is 5.95. The number of benzene rings is 2. The highest BCUT2D eigenvalue weighted by atomic mass is 16.5. The molecule has 26 heavy (non-hydrogen) atoms. The number of hydrogen-bond acceptors (Lipinski definition) is 6. The summed E-state index contributed by atoms with van der Waals surface area (Å²) < 4.78 is 11.0. The summed E-state index contributed by atoms with van der Waals surface area (Å²) in [5.74, 6) is 0.956. The van der Waals surface area contributed by atoms with E-state index in [4.69, 9.17) is 20.3 Å². The van der Waals surface area contributed by atoms with Crippen molar-refractivity contribution in [1.82, 2.24) is 9.97 Å². The lowest BCUT2D eigenvalue weighted by molar-refractivity contribution is 0.420. The molecule has 130 valence electrons. The molecular formula is C19H16N4O3. The SMILES string of the molecule is COc1cccc2oc3c(=O)[nH]c(-c4ccc(N)c(C(C)=N)c4)nc3c12. The maximum atomic E-state index is 12.5. The molecule has 0 aliphatic carbocycles. The number of furan rings is 1. The molecule has 0 aliphatic heterocycles. The zero-order chi connectivity index (χ0) is 18.4. The molecule has 0 spiro atoms. The molecule has 7 heteroatoms. The number of hydrogen-bond donors (Lipinski definition) is 3. The van der Waals surface area contributed by atoms with E-state index in [1.54, 1.807) is 50.4 Å². The summed E-state index contributed by atoms with van der Waals surface area (Å²) in [5, 5.41) is 8.49. The number of aromatic amines is 1. The monoisotopic (exact) mass is 348 g/mol. The van der Waals surface area contributed by atoms with E-state index in [1.165, 1.54) is 0 Å². The average Bonchev–Trinajstić information content (AvgIpc) is 3.01. The number of anilines is 1. The molecule has 0 saturated heterocycles. The average molecular weight is 348 g/mol. The molecule has 0 saturated carbocycles. The van der Waals surface area contributed by atoms with Crippen LogP contribution in [0.4, 0.5) is 5.69 Å². The Hall–Kier alpha value is -3.61. The lowest BCUT2D eigenvalue weighted by Gasteiger charge is -2.07. The highest BCUT2D eigenvalue weighted by molar-refractivity contribution is 6.06. The van der Waals surface area contributed by atoms with Crippen LogP contribution in [0, 0.1) is 5.41 Å². The summed E-state index contributed by atoms with van der Waals surface area (Å²) >= 11 is 0. The number of methoxy groups -OCH3 is 1. The lowest BCUT2D eigenvalue weighted by Crippen LogP contribution is -2.09. The normalized spacial score (nSPS) is 11.2. The number of rotatable bonds is 3. The summed E-state index contributed by atoms with van der Waals surface area (Å²) in [5.41, 5.74) is 8.74. The summed E-state index contributed by atoms with van der Waals surface area (Å²) in [6.45, 7) is 1.66. The second kappa shape index (κ2) is 5.73. The van der Waals surface area contributed by atoms with Crippen LogP contribution in [0.15, 0.2) is 45.6 Å². The highest BCUT2D eigenvalue weighted by Crippen LogP contribution is 2.33. The van der Waals surface area contributed by atoms with Crippen LogP contribution in [0.5, 0.6) is 5.75 Å². The van der Waals surface area contributed by atoms with E-state index in [2.05, 4.69) is 9.97 Å². The number of aromatic nitrogens is 2. The molecule has 4 aromatic rings. The van der Waals surface area contributed by atoms with Crippen LogP contribution in [0.2, 0.25) is 0 Å². The molecule has 2 heterocycles. The molecule has 7 nitrogen and oxygen atoms in total. The first kappa shape index (κ1) is 15.9. The third-order valence-electron chi connectivity index (χ3n) is 4.26. The molecule has 0 atom stereocenters. The van der Waals surface area contributed by atoms with Gasteiger partial charge < -0.3 is 25.3 Å². The summed E-state index contributed by atoms with van der Waals surface area (Å²) in [7, 11) is 1.56. The largest absolute Gasteiger partial charge is 0.496 e. The molecule has 0 unspecified atom stereocenters. The third-order valence-corrected chi connectivity index (χ3v) is 4.26. The van der Waals surface area contributed by atoms with E-state index in [0.717, 1.165) is 0 Å². The molecule has 4 rings (SSSR count). The van der Waals surface area contributed by atoms with Crippen LogP contribution >= 0.6 is 0 Å². The van der Waals surface area contributed by atoms with E-state index in [-0.39, 0.29) is 11.1 Å². The minimum Gasteiger partial charge on any atom is -0.496 e. The van der Waals surface area contributed by atoms with Gasteiger partial charge in [0.25, 0.3) is 5.56 Å². The Morgan fingerprint density at radius 2 is 2.12 bits per heavy atom. The van der Waals surface area contributed by atoms with E-state index in [9.17, 15) is 4.79 Å². The van der Waals surface area contributed by atoms with Crippen LogP contribution < -0.4 is 16.0 Å². The summed E-state index contributed by atoms with van der Waals surface area (Å²) in [6, 6.07) is 10.5. The first-order valence-electron chi connectivity index (χ1n) is 7.94. The molecule has 0 fully saturated rings. The van der Waals surface area contributed by atoms with E-state index in [0.29, 0.717) is 50.6 Å². The first-order valence-corrected chi connectivity index (χ1v) is 7.94. The van der Waals surface area contributed by atoms with E-state index < -0.39 is 0 Å². The number of H-pyrrole nitrogens is 1. The van der Waals surface area contributed by atoms with Crippen molar-refractivity contribution >= 4 is 33.5 Å². The van der Waals surface area contributed by atoms with Crippen molar-refractivity contribution < 1.29 is 9.15 Å². The highest BCUT2D eigenvalue weighted by Gasteiger charge is 2.17. The number of nitrogen functional groups attached to an aromatic ring is 1. The number of nitrogens with zero attached hydrogens (tertiary/aromatic N) is 1. The Morgan fingerprint density at radius 1 is 1.31 bits per heavy atom. The van der Waals surface area contributed by atoms with Gasteiger partial charge in [0.1, 0.15) is 22.7 Å². The van der Waals surface area contributed by atoms with Crippen molar-refractivity contribution in [1.29, 1.82) is 5.41 Å². The molecule has 0 radical (unpaired) electrons. The zero-order valence-electron chi connectivity index (χ0n) is 14.2. The minimum atomic E-state index is -0.381. The van der Waals surface area contributed by atoms with E-state index >= 15 is 0 Å². The van der Waals surface area contributed by atoms with Gasteiger partial charge in [0, 0.05) is 22.5 Å². The molecule has 0 amide bonds. The van der Waals surface area contributed by atoms with Gasteiger partial charge >= 0.3 is 0 Å². The Kier molecular flexibility index (Phi) is 3.50. The molecular weight excluding hydrogens is 332 g/mol. The van der Waals surface area contributed by atoms with Gasteiger partial charge in [0.05, 0.1) is 12.5 Å². The van der Waals surface area contributed by atoms with Gasteiger partial charge in [0.2, 0.25) is 5.58 Å². The van der Waals surface area contributed by atoms with Crippen LogP contribution in [0.1, 0.15) is 12.5 Å². The first-order chi connectivity index (χ1) is 12.5. The number of nitrogens with two attached hydrogens (primary N) is 1. The Labute approximate surface area is 147 Å². The number of ether oxygens (including phenoxy) is 1. The Bertz CT molecular complexity index is 1240. The maximum Gasteiger partial charge on any atom is 0.294 e. The topological polar surface area (TPSA) is 118 Å². The molecule has 4 N–H and O–H groups in total. The van der Waals surface area contributed by atoms with Crippen LogP contribution in [-0.2, 0) is 0 Å². The van der Waals surface area contributed by atoms with E-state index in [1.807, 2.05) is 0 Å². The smallest absolute Gasteiger partial charge is 0.294 e.